The van der Waals surface area contributed by atoms with E-state index in [1.165, 1.54) is 32.6 Å². The van der Waals surface area contributed by atoms with Crippen molar-refractivity contribution in [3.8, 4) is 5.75 Å². The van der Waals surface area contributed by atoms with Gasteiger partial charge in [-0.05, 0) is 65.8 Å². The van der Waals surface area contributed by atoms with Crippen LogP contribution in [0.25, 0.3) is 5.32 Å². The fraction of sp³-hybridized carbons (Fsp3) is 0.176. The molecule has 0 unspecified atom stereocenters. The predicted molar refractivity (Wildman–Crippen MR) is 237 cm³/mol. The maximum atomic E-state index is 10.1. The molecule has 7 rings (SSSR count). The summed E-state index contributed by atoms with van der Waals surface area (Å²) in [7, 11) is -0.877. The number of para-hydroxylation sites is 2. The van der Waals surface area contributed by atoms with Gasteiger partial charge in [0.05, 0.1) is 7.92 Å². The summed E-state index contributed by atoms with van der Waals surface area (Å²) in [6.07, 6.45) is 0. The Hall–Kier alpha value is -4.94. The quantitative estimate of drug-likeness (QED) is 0.0929. The summed E-state index contributed by atoms with van der Waals surface area (Å²) in [5, 5.41) is 19.2. The second kappa shape index (κ2) is 24.5. The Labute approximate surface area is 342 Å². The molecular formula is C51H54NNiOP+. The van der Waals surface area contributed by atoms with Crippen LogP contribution in [-0.4, -0.2) is 5.11 Å². The van der Waals surface area contributed by atoms with Gasteiger partial charge in [-0.2, -0.15) is 72.8 Å². The van der Waals surface area contributed by atoms with Gasteiger partial charge >= 0.3 is 16.5 Å². The molecule has 0 aliphatic carbocycles. The number of hydrogen-bond acceptors (Lipinski definition) is 1. The smallest absolute Gasteiger partial charge is 0.654 e. The first-order chi connectivity index (χ1) is 26.3. The van der Waals surface area contributed by atoms with E-state index in [2.05, 4.69) is 157 Å². The third-order valence-corrected chi connectivity index (χ3v) is 11.3. The number of phenols is 1. The molecule has 4 heteroatoms. The number of hydrogen-bond donors (Lipinski definition) is 1. The number of phenolic OH excluding ortho intramolecular Hbond substituents is 1. The van der Waals surface area contributed by atoms with Crippen molar-refractivity contribution in [3.05, 3.63) is 222 Å². The Kier molecular flexibility index (Phi) is 19.8. The summed E-state index contributed by atoms with van der Waals surface area (Å²) in [5.74, 6) is 1.49. The number of rotatable bonds is 8. The Morgan fingerprint density at radius 3 is 1.09 bits per heavy atom. The summed E-state index contributed by atoms with van der Waals surface area (Å²) in [5.41, 5.74) is 5.51. The fourth-order valence-electron chi connectivity index (χ4n) is 5.72. The van der Waals surface area contributed by atoms with Crippen molar-refractivity contribution < 1.29 is 21.6 Å². The molecule has 0 bridgehead atoms. The number of aromatic hydroxyl groups is 1. The van der Waals surface area contributed by atoms with E-state index >= 15 is 0 Å². The number of nitrogens with zero attached hydrogens (tertiary/aromatic N) is 1. The standard InChI is InChI=1S/C21H28NO.C18H15P.2C6H5.Ni/c1-13(2)16-11-17(14(3)4)21(18(12-16)15(5)6)22-19-9-7-8-10-20(19)23;1-4-10-16(11-5-1)19(17-12-6-2-7-13-17)18-14-8-3-9-15-18;2*1-2-4-6-5-3-1;/h7-15,23H,1-6H3;1-15H;2*1-5H;/q-1;;2*-1;+3/p+1. The van der Waals surface area contributed by atoms with Crippen molar-refractivity contribution in [1.82, 2.24) is 0 Å². The normalized spacial score (nSPS) is 10.2. The third kappa shape index (κ3) is 14.7. The SMILES string of the molecule is CC(C)c1cc(C(C)C)c([N-]c2ccccc2O)c(C(C)C)c1.[Ni+3].[c-]1ccccc1.[c-]1ccccc1.c1ccc([PH+](c2ccccc2)c2ccccc2)cc1. The first-order valence-electron chi connectivity index (χ1n) is 18.8. The topological polar surface area (TPSA) is 34.3 Å². The largest absolute Gasteiger partial charge is 3.00 e. The summed E-state index contributed by atoms with van der Waals surface area (Å²) >= 11 is 0. The molecule has 283 valence electrons. The van der Waals surface area contributed by atoms with E-state index in [4.69, 9.17) is 5.32 Å². The molecule has 0 heterocycles. The molecule has 0 saturated carbocycles. The van der Waals surface area contributed by atoms with Gasteiger partial charge in [0.1, 0.15) is 21.7 Å². The zero-order valence-corrected chi connectivity index (χ0v) is 34.8. The first-order valence-corrected chi connectivity index (χ1v) is 20.3. The zero-order chi connectivity index (χ0) is 38.5. The van der Waals surface area contributed by atoms with E-state index in [0.29, 0.717) is 23.4 Å². The number of benzene rings is 7. The Morgan fingerprint density at radius 2 is 0.800 bits per heavy atom. The molecule has 0 atom stereocenters. The van der Waals surface area contributed by atoms with Crippen molar-refractivity contribution >= 4 is 35.2 Å². The van der Waals surface area contributed by atoms with Crippen LogP contribution in [0.4, 0.5) is 11.4 Å². The van der Waals surface area contributed by atoms with Gasteiger partial charge in [-0.25, -0.2) is 0 Å². The van der Waals surface area contributed by atoms with Crippen LogP contribution in [0.5, 0.6) is 5.75 Å². The average Bonchev–Trinajstić information content (AvgIpc) is 3.22. The van der Waals surface area contributed by atoms with Crippen molar-refractivity contribution in [2.45, 2.75) is 59.3 Å². The third-order valence-electron chi connectivity index (χ3n) is 8.62. The summed E-state index contributed by atoms with van der Waals surface area (Å²) < 4.78 is 0. The molecule has 0 saturated heterocycles. The maximum Gasteiger partial charge on any atom is 3.00 e. The van der Waals surface area contributed by atoms with Gasteiger partial charge in [0, 0.05) is 0 Å². The van der Waals surface area contributed by atoms with Crippen molar-refractivity contribution in [3.63, 3.8) is 0 Å². The minimum Gasteiger partial charge on any atom is -0.654 e. The molecule has 1 N–H and O–H groups in total. The van der Waals surface area contributed by atoms with Gasteiger partial charge in [0.25, 0.3) is 0 Å². The van der Waals surface area contributed by atoms with Crippen LogP contribution in [0.1, 0.15) is 76.0 Å². The first kappa shape index (κ1) is 44.5. The minimum absolute atomic E-state index is 0. The monoisotopic (exact) mass is 785 g/mol. The summed E-state index contributed by atoms with van der Waals surface area (Å²) in [4.78, 5) is 0. The Balaban J connectivity index is 0.000000225. The van der Waals surface area contributed by atoms with E-state index in [1.807, 2.05) is 78.9 Å². The van der Waals surface area contributed by atoms with Crippen LogP contribution in [0.15, 0.2) is 188 Å². The Morgan fingerprint density at radius 1 is 0.455 bits per heavy atom. The van der Waals surface area contributed by atoms with Gasteiger partial charge in [-0.3, -0.25) is 0 Å². The van der Waals surface area contributed by atoms with Crippen molar-refractivity contribution in [2.24, 2.45) is 0 Å². The van der Waals surface area contributed by atoms with Crippen LogP contribution < -0.4 is 15.9 Å². The van der Waals surface area contributed by atoms with Gasteiger partial charge in [-0.15, -0.1) is 5.69 Å². The second-order valence-corrected chi connectivity index (χ2v) is 16.2. The van der Waals surface area contributed by atoms with E-state index < -0.39 is 7.92 Å². The van der Waals surface area contributed by atoms with Gasteiger partial charge in [-0.1, -0.05) is 143 Å². The molecule has 7 aromatic carbocycles. The molecule has 0 amide bonds. The van der Waals surface area contributed by atoms with Gasteiger partial charge in [0.15, 0.2) is 0 Å². The van der Waals surface area contributed by atoms with Crippen molar-refractivity contribution in [2.75, 3.05) is 0 Å². The molecular weight excluding hydrogens is 732 g/mol. The van der Waals surface area contributed by atoms with Crippen LogP contribution in [-0.2, 0) is 16.5 Å². The van der Waals surface area contributed by atoms with E-state index in [0.717, 1.165) is 5.69 Å². The van der Waals surface area contributed by atoms with Crippen molar-refractivity contribution in [1.29, 1.82) is 0 Å². The molecule has 0 aliphatic rings. The molecule has 0 aromatic heterocycles. The van der Waals surface area contributed by atoms with Gasteiger partial charge < -0.3 is 10.4 Å². The van der Waals surface area contributed by atoms with E-state index in [1.54, 1.807) is 6.07 Å². The summed E-state index contributed by atoms with van der Waals surface area (Å²) in [6, 6.07) is 69.3. The zero-order valence-electron chi connectivity index (χ0n) is 32.8. The summed E-state index contributed by atoms with van der Waals surface area (Å²) in [6.45, 7) is 13.3. The maximum absolute atomic E-state index is 10.1. The Bertz CT molecular complexity index is 1810. The van der Waals surface area contributed by atoms with Crippen LogP contribution in [0.2, 0.25) is 0 Å². The molecule has 0 spiro atoms. The van der Waals surface area contributed by atoms with Crippen LogP contribution >= 0.6 is 7.92 Å². The molecule has 2 nitrogen and oxygen atoms in total. The molecule has 0 fully saturated rings. The van der Waals surface area contributed by atoms with E-state index in [9.17, 15) is 5.11 Å². The predicted octanol–water partition coefficient (Wildman–Crippen LogP) is 13.2. The van der Waals surface area contributed by atoms with Crippen LogP contribution in [0, 0.1) is 12.1 Å². The second-order valence-electron chi connectivity index (χ2n) is 13.7. The molecule has 1 radical (unpaired) electrons. The fourth-order valence-corrected chi connectivity index (χ4v) is 8.30. The van der Waals surface area contributed by atoms with Crippen LogP contribution in [0.3, 0.4) is 0 Å². The average molecular weight is 787 g/mol. The molecule has 0 aliphatic heterocycles. The van der Waals surface area contributed by atoms with E-state index in [-0.39, 0.29) is 22.2 Å². The molecule has 7 aromatic rings. The molecule has 55 heavy (non-hydrogen) atoms. The minimum atomic E-state index is -0.877. The van der Waals surface area contributed by atoms with Gasteiger partial charge in [0.2, 0.25) is 0 Å².